The number of ketones is 1. The Kier molecular flexibility index (Phi) is 7.40. The molecule has 0 heterocycles. The maximum absolute atomic E-state index is 11.8. The number of rotatable bonds is 9. The normalized spacial score (nSPS) is 11.8. The zero-order valence-electron chi connectivity index (χ0n) is 12.6. The molecule has 0 atom stereocenters. The fourth-order valence-corrected chi connectivity index (χ4v) is 3.29. The lowest BCUT2D eigenvalue weighted by molar-refractivity contribution is -0.118. The van der Waals surface area contributed by atoms with Gasteiger partial charge >= 0.3 is 0 Å². The Morgan fingerprint density at radius 3 is 2.52 bits per heavy atom. The molecule has 0 bridgehead atoms. The smallest absolute Gasteiger partial charge is 0.152 e. The van der Waals surface area contributed by atoms with Crippen LogP contribution in [0.3, 0.4) is 0 Å². The molecule has 0 amide bonds. The molecule has 0 unspecified atom stereocenters. The van der Waals surface area contributed by atoms with Crippen molar-refractivity contribution in [3.8, 4) is 0 Å². The van der Waals surface area contributed by atoms with Crippen LogP contribution in [0.5, 0.6) is 0 Å². The van der Waals surface area contributed by atoms with Gasteiger partial charge in [0.2, 0.25) is 0 Å². The monoisotopic (exact) mass is 330 g/mol. The van der Waals surface area contributed by atoms with Crippen molar-refractivity contribution >= 4 is 27.2 Å². The molecule has 21 heavy (non-hydrogen) atoms. The van der Waals surface area contributed by atoms with Gasteiger partial charge < -0.3 is 0 Å². The highest BCUT2D eigenvalue weighted by atomic mass is 35.5. The first-order valence-electron chi connectivity index (χ1n) is 7.29. The summed E-state index contributed by atoms with van der Waals surface area (Å²) in [5.74, 6) is 0.386. The highest BCUT2D eigenvalue weighted by Gasteiger charge is 2.15. The summed E-state index contributed by atoms with van der Waals surface area (Å²) in [6.45, 7) is 3.40. The summed E-state index contributed by atoms with van der Waals surface area (Å²) < 4.78 is 23.2. The van der Waals surface area contributed by atoms with Crippen molar-refractivity contribution in [3.05, 3.63) is 34.9 Å². The minimum Gasteiger partial charge on any atom is -0.299 e. The lowest BCUT2D eigenvalue weighted by Gasteiger charge is -2.07. The molecule has 1 aromatic carbocycles. The molecule has 0 fully saturated rings. The van der Waals surface area contributed by atoms with E-state index in [2.05, 4.69) is 0 Å². The van der Waals surface area contributed by atoms with Crippen LogP contribution in [0.25, 0.3) is 0 Å². The van der Waals surface area contributed by atoms with E-state index in [1.54, 1.807) is 26.0 Å². The molecule has 3 nitrogen and oxygen atoms in total. The average molecular weight is 331 g/mol. The van der Waals surface area contributed by atoms with Gasteiger partial charge in [0.15, 0.2) is 9.84 Å². The Morgan fingerprint density at radius 2 is 1.90 bits per heavy atom. The van der Waals surface area contributed by atoms with Crippen LogP contribution in [0.2, 0.25) is 5.02 Å². The van der Waals surface area contributed by atoms with Gasteiger partial charge in [-0.05, 0) is 44.4 Å². The fourth-order valence-electron chi connectivity index (χ4n) is 2.00. The second-order valence-electron chi connectivity index (χ2n) is 5.57. The number of unbranched alkanes of at least 4 members (excludes halogenated alkanes) is 2. The lowest BCUT2D eigenvalue weighted by atomic mass is 10.0. The van der Waals surface area contributed by atoms with Gasteiger partial charge in [-0.1, -0.05) is 30.2 Å². The minimum atomic E-state index is -2.95. The number of hydrogen-bond acceptors (Lipinski definition) is 3. The predicted octanol–water partition coefficient (Wildman–Crippen LogP) is 3.84. The van der Waals surface area contributed by atoms with Crippen LogP contribution in [0, 0.1) is 0 Å². The van der Waals surface area contributed by atoms with Gasteiger partial charge in [0.1, 0.15) is 5.78 Å². The molecule has 0 N–H and O–H groups in total. The van der Waals surface area contributed by atoms with Crippen molar-refractivity contribution in [2.24, 2.45) is 0 Å². The third-order valence-electron chi connectivity index (χ3n) is 3.39. The summed E-state index contributed by atoms with van der Waals surface area (Å²) >= 11 is 5.87. The molecule has 0 aliphatic rings. The van der Waals surface area contributed by atoms with E-state index < -0.39 is 9.84 Å². The number of halogens is 1. The average Bonchev–Trinajstić information content (AvgIpc) is 2.38. The Morgan fingerprint density at radius 1 is 1.19 bits per heavy atom. The van der Waals surface area contributed by atoms with Crippen molar-refractivity contribution in [1.82, 2.24) is 0 Å². The van der Waals surface area contributed by atoms with E-state index in [1.165, 1.54) is 0 Å². The Balaban J connectivity index is 2.23. The van der Waals surface area contributed by atoms with Crippen LogP contribution in [0.1, 0.15) is 45.1 Å². The van der Waals surface area contributed by atoms with E-state index in [1.807, 2.05) is 12.1 Å². The van der Waals surface area contributed by atoms with Crippen molar-refractivity contribution in [1.29, 1.82) is 0 Å². The molecule has 0 aliphatic carbocycles. The van der Waals surface area contributed by atoms with Gasteiger partial charge in [-0.15, -0.1) is 0 Å². The maximum Gasteiger partial charge on any atom is 0.152 e. The summed E-state index contributed by atoms with van der Waals surface area (Å²) in [7, 11) is -2.95. The van der Waals surface area contributed by atoms with E-state index >= 15 is 0 Å². The van der Waals surface area contributed by atoms with Crippen molar-refractivity contribution in [2.75, 3.05) is 5.75 Å². The Labute approximate surface area is 132 Å². The van der Waals surface area contributed by atoms with Crippen LogP contribution in [-0.4, -0.2) is 25.2 Å². The molecule has 0 aliphatic heterocycles. The minimum absolute atomic E-state index is 0.170. The number of benzene rings is 1. The van der Waals surface area contributed by atoms with Crippen molar-refractivity contribution < 1.29 is 13.2 Å². The van der Waals surface area contributed by atoms with Gasteiger partial charge in [0, 0.05) is 17.9 Å². The summed E-state index contributed by atoms with van der Waals surface area (Å²) in [6, 6.07) is 7.31. The van der Waals surface area contributed by atoms with Crippen molar-refractivity contribution in [3.63, 3.8) is 0 Å². The summed E-state index contributed by atoms with van der Waals surface area (Å²) in [5, 5.41) is 0.321. The largest absolute Gasteiger partial charge is 0.299 e. The summed E-state index contributed by atoms with van der Waals surface area (Å²) in [4.78, 5) is 11.8. The number of carbonyl (C=O) groups excluding carboxylic acids is 1. The van der Waals surface area contributed by atoms with Crippen LogP contribution in [0.15, 0.2) is 24.3 Å². The predicted molar refractivity (Wildman–Crippen MR) is 87.6 cm³/mol. The summed E-state index contributed by atoms with van der Waals surface area (Å²) in [5.41, 5.74) is 0.926. The van der Waals surface area contributed by atoms with E-state index in [-0.39, 0.29) is 16.8 Å². The van der Waals surface area contributed by atoms with Gasteiger partial charge in [-0.2, -0.15) is 0 Å². The molecule has 118 valence electrons. The molecule has 0 spiro atoms. The molecule has 0 aromatic heterocycles. The van der Waals surface area contributed by atoms with E-state index in [0.717, 1.165) is 18.4 Å². The molecular formula is C16H23ClO3S. The van der Waals surface area contributed by atoms with E-state index in [0.29, 0.717) is 24.3 Å². The number of sulfone groups is 1. The first-order chi connectivity index (χ1) is 9.81. The van der Waals surface area contributed by atoms with E-state index in [4.69, 9.17) is 11.6 Å². The van der Waals surface area contributed by atoms with E-state index in [9.17, 15) is 13.2 Å². The zero-order chi connectivity index (χ0) is 15.9. The zero-order valence-corrected chi connectivity index (χ0v) is 14.2. The Hall–Kier alpha value is -0.870. The third kappa shape index (κ3) is 7.09. The molecule has 1 aromatic rings. The van der Waals surface area contributed by atoms with Gasteiger partial charge in [-0.3, -0.25) is 4.79 Å². The topological polar surface area (TPSA) is 51.2 Å². The molecule has 0 radical (unpaired) electrons. The van der Waals surface area contributed by atoms with Gasteiger partial charge in [0.25, 0.3) is 0 Å². The highest BCUT2D eigenvalue weighted by Crippen LogP contribution is 2.13. The maximum atomic E-state index is 11.8. The highest BCUT2D eigenvalue weighted by molar-refractivity contribution is 7.91. The third-order valence-corrected chi connectivity index (χ3v) is 5.92. The van der Waals surface area contributed by atoms with Crippen LogP contribution in [0.4, 0.5) is 0 Å². The molecule has 1 rings (SSSR count). The number of Topliss-reactive ketones (excluding diaryl/α,β-unsaturated/α-hetero) is 1. The second kappa shape index (κ2) is 8.54. The van der Waals surface area contributed by atoms with Gasteiger partial charge in [-0.25, -0.2) is 8.42 Å². The number of hydrogen-bond donors (Lipinski definition) is 0. The SMILES string of the molecule is CC(C)S(=O)(=O)CCCCCC(=O)Cc1cccc(Cl)c1. The molecular weight excluding hydrogens is 308 g/mol. The lowest BCUT2D eigenvalue weighted by Crippen LogP contribution is -2.17. The first-order valence-corrected chi connectivity index (χ1v) is 9.38. The van der Waals surface area contributed by atoms with Crippen LogP contribution < -0.4 is 0 Å². The molecule has 5 heteroatoms. The first kappa shape index (κ1) is 18.2. The number of carbonyl (C=O) groups is 1. The molecule has 0 saturated heterocycles. The quantitative estimate of drug-likeness (QED) is 0.646. The standard InChI is InChI=1S/C16H23ClO3S/c1-13(2)21(19,20)10-5-3-4-9-16(18)12-14-7-6-8-15(17)11-14/h6-8,11,13H,3-5,9-10,12H2,1-2H3. The van der Waals surface area contributed by atoms with Crippen molar-refractivity contribution in [2.45, 2.75) is 51.2 Å². The van der Waals surface area contributed by atoms with Crippen LogP contribution in [-0.2, 0) is 21.1 Å². The summed E-state index contributed by atoms with van der Waals surface area (Å²) in [6.07, 6.45) is 3.03. The Bertz CT molecular complexity index is 565. The fraction of sp³-hybridized carbons (Fsp3) is 0.562. The van der Waals surface area contributed by atoms with Gasteiger partial charge in [0.05, 0.1) is 11.0 Å². The van der Waals surface area contributed by atoms with Crippen LogP contribution >= 0.6 is 11.6 Å². The molecule has 0 saturated carbocycles. The second-order valence-corrected chi connectivity index (χ2v) is 8.68.